The second-order valence-corrected chi connectivity index (χ2v) is 9.08. The van der Waals surface area contributed by atoms with E-state index in [9.17, 15) is 22.8 Å². The Morgan fingerprint density at radius 2 is 1.02 bits per heavy atom. The molecule has 0 atom stereocenters. The monoisotopic (exact) mass is 533 g/mol. The topological polar surface area (TPSA) is 112 Å². The third kappa shape index (κ3) is 3.50. The summed E-state index contributed by atoms with van der Waals surface area (Å²) < 4.78 is 54.9. The van der Waals surface area contributed by atoms with E-state index in [1.807, 2.05) is 0 Å². The molecule has 0 saturated carbocycles. The van der Waals surface area contributed by atoms with Crippen LogP contribution in [0.3, 0.4) is 0 Å². The second kappa shape index (κ2) is 8.44. The Morgan fingerprint density at radius 3 is 1.57 bits per heavy atom. The fourth-order valence-corrected chi connectivity index (χ4v) is 5.10. The van der Waals surface area contributed by atoms with Crippen LogP contribution in [0, 0.1) is 40.7 Å². The average Bonchev–Trinajstić information content (AvgIpc) is 3.37. The van der Waals surface area contributed by atoms with E-state index in [0.29, 0.717) is 54.7 Å². The number of aromatic nitrogens is 4. The van der Waals surface area contributed by atoms with Crippen LogP contribution < -0.4 is 10.7 Å². The number of nitrogens with one attached hydrogen (secondary N) is 1. The highest BCUT2D eigenvalue weighted by molar-refractivity contribution is 6.15. The van der Waals surface area contributed by atoms with Gasteiger partial charge in [0.15, 0.2) is 0 Å². The highest BCUT2D eigenvalue weighted by atomic mass is 19.1. The number of nitrogens with zero attached hydrogens (tertiary/aromatic N) is 6. The van der Waals surface area contributed by atoms with Crippen LogP contribution in [0.2, 0.25) is 0 Å². The van der Waals surface area contributed by atoms with E-state index in [-0.39, 0.29) is 21.8 Å². The van der Waals surface area contributed by atoms with Crippen molar-refractivity contribution in [3.63, 3.8) is 0 Å². The lowest BCUT2D eigenvalue weighted by atomic mass is 10.0. The molecule has 0 amide bonds. The van der Waals surface area contributed by atoms with Gasteiger partial charge in [0.25, 0.3) is 0 Å². The Balaban J connectivity index is 1.50. The molecule has 0 aliphatic heterocycles. The third-order valence-corrected chi connectivity index (χ3v) is 6.78. The molecule has 3 heterocycles. The van der Waals surface area contributed by atoms with Gasteiger partial charge in [0.1, 0.15) is 16.4 Å². The second-order valence-electron chi connectivity index (χ2n) is 9.08. The van der Waals surface area contributed by atoms with Gasteiger partial charge >= 0.3 is 0 Å². The van der Waals surface area contributed by atoms with Gasteiger partial charge in [0.05, 0.1) is 16.4 Å². The fourth-order valence-electron chi connectivity index (χ4n) is 5.10. The maximum absolute atomic E-state index is 13.8. The van der Waals surface area contributed by atoms with Gasteiger partial charge in [-0.25, -0.2) is 9.97 Å². The minimum absolute atomic E-state index is 0.0729. The van der Waals surface area contributed by atoms with E-state index in [0.717, 1.165) is 24.3 Å². The Morgan fingerprint density at radius 1 is 0.550 bits per heavy atom. The summed E-state index contributed by atoms with van der Waals surface area (Å²) in [6.07, 6.45) is 1.78. The summed E-state index contributed by atoms with van der Waals surface area (Å²) in [6, 6.07) is 14.4. The van der Waals surface area contributed by atoms with Gasteiger partial charge in [-0.2, -0.15) is 37.8 Å². The Hall–Kier alpha value is -5.63. The molecule has 40 heavy (non-hydrogen) atoms. The molecule has 0 spiro atoms. The molecule has 3 aromatic heterocycles. The standard InChI is InChI=1S/C29H11F4N7/c30-20-7-14(8-21(31)37-20)12-1-3-16-18(5-12)24(35)28-26(16)40-29-25(36-11-34)19-6-13(2-4-17(19)27(29)39-28)15-9-22(32)38-23(33)10-15/h1-10,35H. The minimum Gasteiger partial charge on any atom is -0.298 e. The summed E-state index contributed by atoms with van der Waals surface area (Å²) in [7, 11) is 0. The first-order valence-electron chi connectivity index (χ1n) is 11.8. The van der Waals surface area contributed by atoms with Crippen molar-refractivity contribution in [2.75, 3.05) is 0 Å². The number of pyridine rings is 2. The van der Waals surface area contributed by atoms with Crippen LogP contribution in [0.5, 0.6) is 0 Å². The number of benzene rings is 2. The quantitative estimate of drug-likeness (QED) is 0.179. The SMILES string of the molecule is N#CN=c1c2cc(-c3cc(F)nc(F)c3)ccc2c2nc3c(=N)c4cc(-c5cc(F)nc(F)c5)ccc4c3nc12. The summed E-state index contributed by atoms with van der Waals surface area (Å²) in [5.41, 5.74) is 2.89. The van der Waals surface area contributed by atoms with Crippen LogP contribution >= 0.6 is 0 Å². The lowest BCUT2D eigenvalue weighted by Crippen LogP contribution is -2.02. The van der Waals surface area contributed by atoms with Crippen molar-refractivity contribution in [1.82, 2.24) is 19.9 Å². The maximum atomic E-state index is 13.8. The first kappa shape index (κ1) is 23.5. The summed E-state index contributed by atoms with van der Waals surface area (Å²) in [5, 5.41) is 20.7. The number of halogens is 4. The Bertz CT molecular complexity index is 2330. The molecule has 0 saturated heterocycles. The summed E-state index contributed by atoms with van der Waals surface area (Å²) in [6.45, 7) is 0. The Labute approximate surface area is 220 Å². The molecule has 0 aliphatic carbocycles. The van der Waals surface area contributed by atoms with Crippen molar-refractivity contribution < 1.29 is 17.6 Å². The first-order valence-corrected chi connectivity index (χ1v) is 11.8. The summed E-state index contributed by atoms with van der Waals surface area (Å²) in [4.78, 5) is 19.7. The largest absolute Gasteiger partial charge is 0.298 e. The van der Waals surface area contributed by atoms with E-state index < -0.39 is 23.8 Å². The number of rotatable bonds is 2. The zero-order valence-corrected chi connectivity index (χ0v) is 20.0. The normalized spacial score (nSPS) is 12.2. The number of fused-ring (bicyclic) bond motifs is 6. The lowest BCUT2D eigenvalue weighted by molar-refractivity contribution is 0.512. The molecule has 0 fully saturated rings. The van der Waals surface area contributed by atoms with Crippen molar-refractivity contribution in [3.8, 4) is 28.4 Å². The van der Waals surface area contributed by atoms with Gasteiger partial charge in [-0.3, -0.25) is 5.41 Å². The molecule has 190 valence electrons. The van der Waals surface area contributed by atoms with Crippen molar-refractivity contribution in [3.05, 3.63) is 95.2 Å². The van der Waals surface area contributed by atoms with Gasteiger partial charge in [0, 0.05) is 45.8 Å². The van der Waals surface area contributed by atoms with Gasteiger partial charge in [-0.15, -0.1) is 0 Å². The smallest absolute Gasteiger partial charge is 0.216 e. The van der Waals surface area contributed by atoms with Crippen LogP contribution in [0.1, 0.15) is 0 Å². The maximum Gasteiger partial charge on any atom is 0.216 e. The van der Waals surface area contributed by atoms with E-state index >= 15 is 0 Å². The highest BCUT2D eigenvalue weighted by Crippen LogP contribution is 2.32. The zero-order chi connectivity index (χ0) is 27.7. The molecule has 0 aliphatic rings. The summed E-state index contributed by atoms with van der Waals surface area (Å²) >= 11 is 0. The minimum atomic E-state index is -0.969. The van der Waals surface area contributed by atoms with Crippen molar-refractivity contribution in [2.24, 2.45) is 4.99 Å². The average molecular weight is 533 g/mol. The van der Waals surface area contributed by atoms with E-state index in [1.165, 1.54) is 0 Å². The van der Waals surface area contributed by atoms with Crippen LogP contribution in [0.4, 0.5) is 17.6 Å². The van der Waals surface area contributed by atoms with Gasteiger partial charge in [0.2, 0.25) is 30.0 Å². The molecular formula is C29H11F4N7. The molecule has 4 aromatic carbocycles. The zero-order valence-electron chi connectivity index (χ0n) is 20.0. The van der Waals surface area contributed by atoms with Crippen molar-refractivity contribution >= 4 is 43.6 Å². The van der Waals surface area contributed by atoms with E-state index in [1.54, 1.807) is 42.6 Å². The van der Waals surface area contributed by atoms with Crippen molar-refractivity contribution in [1.29, 1.82) is 10.7 Å². The molecule has 7 nitrogen and oxygen atoms in total. The van der Waals surface area contributed by atoms with E-state index in [2.05, 4.69) is 15.0 Å². The molecule has 7 aromatic rings. The Kier molecular flexibility index (Phi) is 4.95. The number of hydrogen-bond acceptors (Lipinski definition) is 7. The molecule has 7 rings (SSSR count). The number of nitriles is 1. The fraction of sp³-hybridized carbons (Fsp3) is 0. The molecular weight excluding hydrogens is 522 g/mol. The first-order chi connectivity index (χ1) is 19.3. The van der Waals surface area contributed by atoms with E-state index in [4.69, 9.17) is 15.4 Å². The predicted molar refractivity (Wildman–Crippen MR) is 138 cm³/mol. The van der Waals surface area contributed by atoms with Gasteiger partial charge in [-0.05, 0) is 34.4 Å². The van der Waals surface area contributed by atoms with Crippen LogP contribution in [0.25, 0.3) is 65.9 Å². The van der Waals surface area contributed by atoms with Crippen LogP contribution in [-0.4, -0.2) is 19.9 Å². The molecule has 0 bridgehead atoms. The molecule has 1 N–H and O–H groups in total. The third-order valence-electron chi connectivity index (χ3n) is 6.78. The van der Waals surface area contributed by atoms with Crippen LogP contribution in [-0.2, 0) is 0 Å². The number of hydrogen-bond donors (Lipinski definition) is 1. The molecule has 0 unspecified atom stereocenters. The molecule has 11 heteroatoms. The van der Waals surface area contributed by atoms with Crippen molar-refractivity contribution in [2.45, 2.75) is 0 Å². The van der Waals surface area contributed by atoms with Gasteiger partial charge < -0.3 is 0 Å². The predicted octanol–water partition coefficient (Wildman–Crippen LogP) is 5.51. The lowest BCUT2D eigenvalue weighted by Gasteiger charge is -2.02. The highest BCUT2D eigenvalue weighted by Gasteiger charge is 2.19. The van der Waals surface area contributed by atoms with Crippen LogP contribution in [0.15, 0.2) is 65.7 Å². The molecule has 0 radical (unpaired) electrons. The summed E-state index contributed by atoms with van der Waals surface area (Å²) in [5.74, 6) is -3.86. The van der Waals surface area contributed by atoms with Gasteiger partial charge in [-0.1, -0.05) is 24.3 Å².